The number of nitrogens with zero attached hydrogens (tertiary/aromatic N) is 2. The lowest BCUT2D eigenvalue weighted by Crippen LogP contribution is -2.43. The summed E-state index contributed by atoms with van der Waals surface area (Å²) in [5, 5.41) is 0. The van der Waals surface area contributed by atoms with Gasteiger partial charge in [-0.05, 0) is 99.5 Å². The van der Waals surface area contributed by atoms with E-state index in [0.29, 0.717) is 12.0 Å². The molecule has 0 aromatic heterocycles. The van der Waals surface area contributed by atoms with Crippen molar-refractivity contribution in [3.05, 3.63) is 71.0 Å². The second-order valence-electron chi connectivity index (χ2n) is 10.3. The van der Waals surface area contributed by atoms with Gasteiger partial charge in [0.2, 0.25) is 0 Å². The lowest BCUT2D eigenvalue weighted by Gasteiger charge is -2.43. The molecule has 0 N–H and O–H groups in total. The first-order valence-corrected chi connectivity index (χ1v) is 13.2. The zero-order chi connectivity index (χ0) is 24.0. The van der Waals surface area contributed by atoms with E-state index in [2.05, 4.69) is 95.8 Å². The first kappa shape index (κ1) is 25.5. The van der Waals surface area contributed by atoms with Gasteiger partial charge in [-0.15, -0.1) is 0 Å². The van der Waals surface area contributed by atoms with Gasteiger partial charge in [-0.2, -0.15) is 0 Å². The van der Waals surface area contributed by atoms with Crippen molar-refractivity contribution in [2.45, 2.75) is 91.0 Å². The van der Waals surface area contributed by atoms with Crippen LogP contribution in [0.5, 0.6) is 0 Å². The van der Waals surface area contributed by atoms with Gasteiger partial charge in [-0.25, -0.2) is 0 Å². The van der Waals surface area contributed by atoms with Gasteiger partial charge in [0.25, 0.3) is 0 Å². The molecule has 2 nitrogen and oxygen atoms in total. The molecular formula is C31H46N2. The monoisotopic (exact) mass is 446 g/mol. The summed E-state index contributed by atoms with van der Waals surface area (Å²) in [7, 11) is 2.23. The summed E-state index contributed by atoms with van der Waals surface area (Å²) >= 11 is 0. The van der Waals surface area contributed by atoms with E-state index in [1.165, 1.54) is 48.8 Å². The molecule has 0 aliphatic heterocycles. The van der Waals surface area contributed by atoms with Crippen LogP contribution in [-0.4, -0.2) is 30.7 Å². The zero-order valence-corrected chi connectivity index (χ0v) is 22.0. The molecule has 180 valence electrons. The molecule has 0 heterocycles. The minimum Gasteiger partial charge on any atom is -0.372 e. The fourth-order valence-electron chi connectivity index (χ4n) is 5.69. The predicted molar refractivity (Wildman–Crippen MR) is 145 cm³/mol. The number of aryl methyl sites for hydroxylation is 2. The van der Waals surface area contributed by atoms with Crippen molar-refractivity contribution < 1.29 is 0 Å². The Kier molecular flexibility index (Phi) is 8.79. The molecule has 2 saturated carbocycles. The number of hydrogen-bond acceptors (Lipinski definition) is 2. The Hall–Kier alpha value is -2.09. The molecule has 0 spiro atoms. The molecule has 2 aliphatic carbocycles. The van der Waals surface area contributed by atoms with Crippen LogP contribution in [0.3, 0.4) is 0 Å². The Labute approximate surface area is 203 Å². The Morgan fingerprint density at radius 3 is 2.64 bits per heavy atom. The fraction of sp³-hybridized carbons (Fsp3) is 0.581. The number of allylic oxidation sites excluding steroid dienone is 4. The van der Waals surface area contributed by atoms with E-state index in [-0.39, 0.29) is 5.41 Å². The van der Waals surface area contributed by atoms with Crippen LogP contribution in [0.25, 0.3) is 0 Å². The first-order chi connectivity index (χ1) is 15.9. The summed E-state index contributed by atoms with van der Waals surface area (Å²) in [6.45, 7) is 16.7. The molecule has 0 bridgehead atoms. The van der Waals surface area contributed by atoms with Gasteiger partial charge in [0.1, 0.15) is 0 Å². The minimum atomic E-state index is 0.0416. The second-order valence-corrected chi connectivity index (χ2v) is 10.3. The number of rotatable bonds is 11. The average Bonchev–Trinajstić information content (AvgIpc) is 3.58. The Morgan fingerprint density at radius 1 is 1.24 bits per heavy atom. The molecule has 33 heavy (non-hydrogen) atoms. The average molecular weight is 447 g/mol. The maximum atomic E-state index is 4.72. The van der Waals surface area contributed by atoms with Gasteiger partial charge in [0.15, 0.2) is 0 Å². The van der Waals surface area contributed by atoms with Crippen molar-refractivity contribution in [2.24, 2.45) is 16.8 Å². The Morgan fingerprint density at radius 2 is 2.00 bits per heavy atom. The molecule has 0 radical (unpaired) electrons. The lowest BCUT2D eigenvalue weighted by atomic mass is 9.67. The molecule has 3 rings (SSSR count). The molecule has 3 unspecified atom stereocenters. The summed E-state index contributed by atoms with van der Waals surface area (Å²) in [6, 6.07) is 7.63. The van der Waals surface area contributed by atoms with Crippen LogP contribution in [0.15, 0.2) is 59.3 Å². The maximum absolute atomic E-state index is 4.72. The van der Waals surface area contributed by atoms with E-state index < -0.39 is 0 Å². The maximum Gasteiger partial charge on any atom is 0.0417 e. The summed E-state index contributed by atoms with van der Waals surface area (Å²) in [4.78, 5) is 7.14. The molecule has 2 aliphatic rings. The predicted octanol–water partition coefficient (Wildman–Crippen LogP) is 7.69. The highest BCUT2D eigenvalue weighted by atomic mass is 15.1. The van der Waals surface area contributed by atoms with E-state index in [9.17, 15) is 0 Å². The number of benzene rings is 1. The molecule has 0 amide bonds. The number of aliphatic imine (C=N–C) groups is 1. The normalized spacial score (nSPS) is 24.7. The summed E-state index contributed by atoms with van der Waals surface area (Å²) in [5.74, 6) is 1.37. The number of likely N-dealkylation sites (N-methyl/N-ethyl adjacent to an activating group) is 1. The Balaban J connectivity index is 2.02. The molecule has 1 aromatic carbocycles. The molecule has 1 aromatic rings. The third-order valence-corrected chi connectivity index (χ3v) is 8.38. The van der Waals surface area contributed by atoms with E-state index in [0.717, 1.165) is 31.0 Å². The first-order valence-electron chi connectivity index (χ1n) is 13.2. The highest BCUT2D eigenvalue weighted by Crippen LogP contribution is 2.51. The van der Waals surface area contributed by atoms with Crippen molar-refractivity contribution in [1.82, 2.24) is 4.90 Å². The highest BCUT2D eigenvalue weighted by molar-refractivity contribution is 5.71. The van der Waals surface area contributed by atoms with Gasteiger partial charge in [-0.1, -0.05) is 57.2 Å². The fourth-order valence-corrected chi connectivity index (χ4v) is 5.69. The quantitative estimate of drug-likeness (QED) is 0.251. The van der Waals surface area contributed by atoms with E-state index in [1.54, 1.807) is 5.56 Å². The van der Waals surface area contributed by atoms with Gasteiger partial charge in [0, 0.05) is 37.0 Å². The van der Waals surface area contributed by atoms with Gasteiger partial charge in [0.05, 0.1) is 0 Å². The third-order valence-electron chi connectivity index (χ3n) is 8.38. The summed E-state index contributed by atoms with van der Waals surface area (Å²) in [5.41, 5.74) is 6.93. The largest absolute Gasteiger partial charge is 0.372 e. The summed E-state index contributed by atoms with van der Waals surface area (Å²) in [6.07, 6.45) is 17.6. The Bertz CT molecular complexity index is 901. The lowest BCUT2D eigenvalue weighted by molar-refractivity contribution is 0.196. The van der Waals surface area contributed by atoms with Crippen LogP contribution >= 0.6 is 0 Å². The van der Waals surface area contributed by atoms with Gasteiger partial charge < -0.3 is 4.90 Å². The van der Waals surface area contributed by atoms with E-state index in [4.69, 9.17) is 4.99 Å². The smallest absolute Gasteiger partial charge is 0.0417 e. The third kappa shape index (κ3) is 5.70. The van der Waals surface area contributed by atoms with E-state index in [1.807, 2.05) is 0 Å². The van der Waals surface area contributed by atoms with Crippen LogP contribution in [0, 0.1) is 11.8 Å². The molecule has 3 atom stereocenters. The molecular weight excluding hydrogens is 400 g/mol. The van der Waals surface area contributed by atoms with E-state index >= 15 is 0 Å². The highest BCUT2D eigenvalue weighted by Gasteiger charge is 2.46. The molecule has 2 heteroatoms. The SMILES string of the molecule is C=C(/C(C)=C/C)N(C)C(C)C1CCCC1(C=C/C=N/CC1CC1)c1cc(CC)ccc1CC. The molecule has 2 fully saturated rings. The standard InChI is InChI=1S/C31H46N2/c1-8-23(4)24(5)33(7)25(6)29-13-11-18-31(29,19-12-20-32-22-27-14-15-27)30-21-26(9-2)16-17-28(30)10-3/h8,12,16-17,19-21,25,27,29H,5,9-11,13-15,18,22H2,1-4,6-7H3/b19-12?,23-8+,32-20+. The van der Waals surface area contributed by atoms with Crippen LogP contribution in [0.4, 0.5) is 0 Å². The zero-order valence-electron chi connectivity index (χ0n) is 22.0. The number of hydrogen-bond donors (Lipinski definition) is 0. The van der Waals surface area contributed by atoms with Crippen LogP contribution < -0.4 is 0 Å². The summed E-state index contributed by atoms with van der Waals surface area (Å²) < 4.78 is 0. The topological polar surface area (TPSA) is 15.6 Å². The van der Waals surface area contributed by atoms with Crippen LogP contribution in [-0.2, 0) is 18.3 Å². The van der Waals surface area contributed by atoms with Crippen molar-refractivity contribution in [3.8, 4) is 0 Å². The second kappa shape index (κ2) is 11.4. The van der Waals surface area contributed by atoms with Crippen LogP contribution in [0.1, 0.15) is 83.4 Å². The van der Waals surface area contributed by atoms with Crippen molar-refractivity contribution >= 4 is 6.21 Å². The van der Waals surface area contributed by atoms with Crippen molar-refractivity contribution in [1.29, 1.82) is 0 Å². The molecule has 0 saturated heterocycles. The van der Waals surface area contributed by atoms with Gasteiger partial charge >= 0.3 is 0 Å². The van der Waals surface area contributed by atoms with Crippen LogP contribution in [0.2, 0.25) is 0 Å². The van der Waals surface area contributed by atoms with Crippen molar-refractivity contribution in [2.75, 3.05) is 13.6 Å². The minimum absolute atomic E-state index is 0.0416. The van der Waals surface area contributed by atoms with Gasteiger partial charge in [-0.3, -0.25) is 4.99 Å². The van der Waals surface area contributed by atoms with Crippen molar-refractivity contribution in [3.63, 3.8) is 0 Å².